The minimum atomic E-state index is -0.267. The SMILES string of the molecule is CCC(C)CN(CC)C(=O)C1(c2ccc(N)cc2)CC1. The second-order valence-corrected chi connectivity index (χ2v) is 6.06. The molecule has 110 valence electrons. The molecule has 1 amide bonds. The van der Waals surface area contributed by atoms with Crippen LogP contribution < -0.4 is 5.73 Å². The van der Waals surface area contributed by atoms with Gasteiger partial charge >= 0.3 is 0 Å². The number of benzene rings is 1. The Balaban J connectivity index is 2.16. The zero-order valence-corrected chi connectivity index (χ0v) is 12.9. The lowest BCUT2D eigenvalue weighted by Gasteiger charge is -2.28. The monoisotopic (exact) mass is 274 g/mol. The molecule has 1 aliphatic rings. The summed E-state index contributed by atoms with van der Waals surface area (Å²) in [6.07, 6.45) is 3.04. The molecule has 0 bridgehead atoms. The number of nitrogens with zero attached hydrogens (tertiary/aromatic N) is 1. The Kier molecular flexibility index (Phi) is 4.36. The summed E-state index contributed by atoms with van der Waals surface area (Å²) in [5.74, 6) is 0.853. The second kappa shape index (κ2) is 5.86. The third kappa shape index (κ3) is 2.82. The van der Waals surface area contributed by atoms with Gasteiger partial charge in [-0.1, -0.05) is 32.4 Å². The minimum Gasteiger partial charge on any atom is -0.399 e. The third-order valence-electron chi connectivity index (χ3n) is 4.52. The number of nitrogen functional groups attached to an aromatic ring is 1. The number of likely N-dealkylation sites (N-methyl/N-ethyl adjacent to an activating group) is 1. The van der Waals surface area contributed by atoms with Crippen LogP contribution in [0.3, 0.4) is 0 Å². The van der Waals surface area contributed by atoms with Crippen LogP contribution >= 0.6 is 0 Å². The predicted molar refractivity (Wildman–Crippen MR) is 83.5 cm³/mol. The summed E-state index contributed by atoms with van der Waals surface area (Å²) in [7, 11) is 0. The lowest BCUT2D eigenvalue weighted by Crippen LogP contribution is -2.41. The number of anilines is 1. The predicted octanol–water partition coefficient (Wildman–Crippen LogP) is 3.20. The molecule has 0 radical (unpaired) electrons. The fourth-order valence-electron chi connectivity index (χ4n) is 2.72. The molecule has 1 unspecified atom stereocenters. The van der Waals surface area contributed by atoms with Crippen molar-refractivity contribution >= 4 is 11.6 Å². The molecule has 3 heteroatoms. The average molecular weight is 274 g/mol. The second-order valence-electron chi connectivity index (χ2n) is 6.06. The van der Waals surface area contributed by atoms with E-state index in [9.17, 15) is 4.79 Å². The van der Waals surface area contributed by atoms with Gasteiger partial charge in [-0.15, -0.1) is 0 Å². The van der Waals surface area contributed by atoms with Gasteiger partial charge in [-0.05, 0) is 43.4 Å². The van der Waals surface area contributed by atoms with E-state index in [0.29, 0.717) is 11.8 Å². The van der Waals surface area contributed by atoms with Crippen molar-refractivity contribution in [1.29, 1.82) is 0 Å². The Bertz CT molecular complexity index is 462. The van der Waals surface area contributed by atoms with Crippen LogP contribution in [-0.4, -0.2) is 23.9 Å². The van der Waals surface area contributed by atoms with Crippen LogP contribution in [0.15, 0.2) is 24.3 Å². The van der Waals surface area contributed by atoms with Gasteiger partial charge in [0.15, 0.2) is 0 Å². The molecular weight excluding hydrogens is 248 g/mol. The van der Waals surface area contributed by atoms with Gasteiger partial charge in [0.05, 0.1) is 5.41 Å². The third-order valence-corrected chi connectivity index (χ3v) is 4.52. The average Bonchev–Trinajstić information content (AvgIpc) is 3.26. The largest absolute Gasteiger partial charge is 0.399 e. The maximum atomic E-state index is 12.9. The van der Waals surface area contributed by atoms with Crippen LogP contribution in [0.5, 0.6) is 0 Å². The molecule has 0 heterocycles. The standard InChI is InChI=1S/C17H26N2O/c1-4-13(3)12-19(5-2)16(20)17(10-11-17)14-6-8-15(18)9-7-14/h6-9,13H,4-5,10-12,18H2,1-3H3. The maximum Gasteiger partial charge on any atom is 0.233 e. The highest BCUT2D eigenvalue weighted by atomic mass is 16.2. The van der Waals surface area contributed by atoms with Crippen molar-refractivity contribution in [2.45, 2.75) is 45.4 Å². The number of amides is 1. The quantitative estimate of drug-likeness (QED) is 0.810. The van der Waals surface area contributed by atoms with E-state index in [4.69, 9.17) is 5.73 Å². The van der Waals surface area contributed by atoms with Gasteiger partial charge in [-0.3, -0.25) is 4.79 Å². The number of carbonyl (C=O) groups is 1. The lowest BCUT2D eigenvalue weighted by molar-refractivity contribution is -0.134. The van der Waals surface area contributed by atoms with E-state index in [1.165, 1.54) is 0 Å². The molecule has 20 heavy (non-hydrogen) atoms. The van der Waals surface area contributed by atoms with Crippen molar-refractivity contribution in [3.63, 3.8) is 0 Å². The Morgan fingerprint density at radius 3 is 2.35 bits per heavy atom. The molecule has 3 nitrogen and oxygen atoms in total. The number of hydrogen-bond donors (Lipinski definition) is 1. The number of carbonyl (C=O) groups excluding carboxylic acids is 1. The first kappa shape index (κ1) is 14.9. The first-order valence-corrected chi connectivity index (χ1v) is 7.69. The number of rotatable bonds is 6. The molecule has 0 aromatic heterocycles. The highest BCUT2D eigenvalue weighted by Crippen LogP contribution is 2.49. The molecule has 1 fully saturated rings. The van der Waals surface area contributed by atoms with Crippen molar-refractivity contribution in [3.8, 4) is 0 Å². The van der Waals surface area contributed by atoms with Gasteiger partial charge in [-0.2, -0.15) is 0 Å². The summed E-state index contributed by atoms with van der Waals surface area (Å²) in [6.45, 7) is 8.11. The van der Waals surface area contributed by atoms with E-state index in [1.807, 2.05) is 29.2 Å². The molecule has 2 rings (SSSR count). The molecule has 0 spiro atoms. The summed E-state index contributed by atoms with van der Waals surface area (Å²) >= 11 is 0. The van der Waals surface area contributed by atoms with Crippen molar-refractivity contribution in [2.24, 2.45) is 5.92 Å². The molecule has 0 saturated heterocycles. The van der Waals surface area contributed by atoms with Gasteiger partial charge in [0.1, 0.15) is 0 Å². The topological polar surface area (TPSA) is 46.3 Å². The van der Waals surface area contributed by atoms with Crippen molar-refractivity contribution in [1.82, 2.24) is 4.90 Å². The summed E-state index contributed by atoms with van der Waals surface area (Å²) in [4.78, 5) is 14.9. The van der Waals surface area contributed by atoms with Gasteiger partial charge in [-0.25, -0.2) is 0 Å². The molecule has 1 aromatic rings. The van der Waals surface area contributed by atoms with Crippen molar-refractivity contribution < 1.29 is 4.79 Å². The van der Waals surface area contributed by atoms with Crippen LogP contribution in [0.25, 0.3) is 0 Å². The van der Waals surface area contributed by atoms with E-state index >= 15 is 0 Å². The van der Waals surface area contributed by atoms with E-state index < -0.39 is 0 Å². The van der Waals surface area contributed by atoms with E-state index in [2.05, 4.69) is 20.8 Å². The lowest BCUT2D eigenvalue weighted by atomic mass is 9.93. The van der Waals surface area contributed by atoms with Crippen LogP contribution in [0, 0.1) is 5.92 Å². The first-order chi connectivity index (χ1) is 9.53. The molecule has 1 saturated carbocycles. The zero-order chi connectivity index (χ0) is 14.8. The molecule has 0 aliphatic heterocycles. The fraction of sp³-hybridized carbons (Fsp3) is 0.588. The van der Waals surface area contributed by atoms with Crippen LogP contribution in [0.2, 0.25) is 0 Å². The van der Waals surface area contributed by atoms with E-state index in [-0.39, 0.29) is 5.41 Å². The zero-order valence-electron chi connectivity index (χ0n) is 12.9. The molecule has 1 aromatic carbocycles. The van der Waals surface area contributed by atoms with Crippen molar-refractivity contribution in [2.75, 3.05) is 18.8 Å². The molecule has 1 atom stereocenters. The highest BCUT2D eigenvalue weighted by Gasteiger charge is 2.52. The molecular formula is C17H26N2O. The summed E-state index contributed by atoms with van der Waals surface area (Å²) < 4.78 is 0. The Labute approximate surface area is 122 Å². The highest BCUT2D eigenvalue weighted by molar-refractivity contribution is 5.91. The summed E-state index contributed by atoms with van der Waals surface area (Å²) in [5.41, 5.74) is 7.35. The van der Waals surface area contributed by atoms with Gasteiger partial charge in [0, 0.05) is 18.8 Å². The Morgan fingerprint density at radius 1 is 1.30 bits per heavy atom. The molecule has 1 aliphatic carbocycles. The minimum absolute atomic E-state index is 0.267. The van der Waals surface area contributed by atoms with E-state index in [0.717, 1.165) is 43.6 Å². The summed E-state index contributed by atoms with van der Waals surface area (Å²) in [6, 6.07) is 7.82. The van der Waals surface area contributed by atoms with Crippen LogP contribution in [0.4, 0.5) is 5.69 Å². The van der Waals surface area contributed by atoms with Gasteiger partial charge in [0.25, 0.3) is 0 Å². The smallest absolute Gasteiger partial charge is 0.233 e. The van der Waals surface area contributed by atoms with E-state index in [1.54, 1.807) is 0 Å². The van der Waals surface area contributed by atoms with Crippen LogP contribution in [-0.2, 0) is 10.2 Å². The van der Waals surface area contributed by atoms with Crippen LogP contribution in [0.1, 0.15) is 45.6 Å². The fourth-order valence-corrected chi connectivity index (χ4v) is 2.72. The van der Waals surface area contributed by atoms with Gasteiger partial charge in [0.2, 0.25) is 5.91 Å². The summed E-state index contributed by atoms with van der Waals surface area (Å²) in [5, 5.41) is 0. The Hall–Kier alpha value is -1.51. The number of hydrogen-bond acceptors (Lipinski definition) is 2. The number of nitrogens with two attached hydrogens (primary N) is 1. The molecule has 2 N–H and O–H groups in total. The normalized spacial score (nSPS) is 17.6. The Morgan fingerprint density at radius 2 is 1.90 bits per heavy atom. The van der Waals surface area contributed by atoms with Crippen molar-refractivity contribution in [3.05, 3.63) is 29.8 Å². The van der Waals surface area contributed by atoms with Gasteiger partial charge < -0.3 is 10.6 Å². The first-order valence-electron chi connectivity index (χ1n) is 7.69. The maximum absolute atomic E-state index is 12.9.